The molecule has 1 saturated heterocycles. The molecule has 31 heavy (non-hydrogen) atoms. The summed E-state index contributed by atoms with van der Waals surface area (Å²) in [5.74, 6) is 1.82. The Labute approximate surface area is 181 Å². The van der Waals surface area contributed by atoms with E-state index in [1.54, 1.807) is 0 Å². The van der Waals surface area contributed by atoms with E-state index in [-0.39, 0.29) is 5.56 Å². The lowest BCUT2D eigenvalue weighted by Crippen LogP contribution is -2.46. The molecule has 5 heterocycles. The van der Waals surface area contributed by atoms with Gasteiger partial charge in [-0.2, -0.15) is 4.98 Å². The van der Waals surface area contributed by atoms with E-state index in [2.05, 4.69) is 50.4 Å². The van der Waals surface area contributed by atoms with Gasteiger partial charge in [0.05, 0.1) is 17.8 Å². The smallest absolute Gasteiger partial charge is 0.253 e. The summed E-state index contributed by atoms with van der Waals surface area (Å²) in [5, 5.41) is 4.55. The molecule has 1 fully saturated rings. The number of hydrogen-bond acceptors (Lipinski definition) is 6. The molecular weight excluding hydrogens is 390 g/mol. The molecule has 2 N–H and O–H groups in total. The van der Waals surface area contributed by atoms with Crippen LogP contribution in [-0.2, 0) is 19.4 Å². The summed E-state index contributed by atoms with van der Waals surface area (Å²) in [6.45, 7) is 6.44. The average molecular weight is 418 g/mol. The van der Waals surface area contributed by atoms with Gasteiger partial charge >= 0.3 is 0 Å². The standard InChI is InChI=1S/C24H27N5O2/c30-23-19-2-1-8-25-22(19)18-5-3-16(14-20(18)26-23)15-28-9-11-29(12-10-28)21-6-4-17-7-13-31-24(17)27-21/h3-6,14,25H,1-2,7-13,15H2,(H,26,30). The molecule has 2 aromatic heterocycles. The highest BCUT2D eigenvalue weighted by atomic mass is 16.5. The van der Waals surface area contributed by atoms with Crippen molar-refractivity contribution in [2.45, 2.75) is 25.8 Å². The Kier molecular flexibility index (Phi) is 4.56. The molecule has 6 rings (SSSR count). The minimum atomic E-state index is 0.0475. The fourth-order valence-electron chi connectivity index (χ4n) is 5.01. The molecule has 0 spiro atoms. The minimum absolute atomic E-state index is 0.0475. The average Bonchev–Trinajstić information content (AvgIpc) is 3.28. The minimum Gasteiger partial charge on any atom is -0.477 e. The topological polar surface area (TPSA) is 73.5 Å². The van der Waals surface area contributed by atoms with Crippen LogP contribution in [0.25, 0.3) is 10.9 Å². The van der Waals surface area contributed by atoms with Crippen LogP contribution in [0.2, 0.25) is 0 Å². The summed E-state index contributed by atoms with van der Waals surface area (Å²) >= 11 is 0. The zero-order chi connectivity index (χ0) is 20.8. The third kappa shape index (κ3) is 3.43. The maximum atomic E-state index is 12.5. The molecule has 1 aromatic carbocycles. The first-order valence-corrected chi connectivity index (χ1v) is 11.3. The number of nitrogens with one attached hydrogen (secondary N) is 2. The molecule has 160 valence electrons. The summed E-state index contributed by atoms with van der Waals surface area (Å²) in [6.07, 6.45) is 2.83. The van der Waals surface area contributed by atoms with Crippen molar-refractivity contribution in [2.24, 2.45) is 0 Å². The largest absolute Gasteiger partial charge is 0.477 e. The number of benzene rings is 1. The molecule has 7 nitrogen and oxygen atoms in total. The molecule has 0 atom stereocenters. The third-order valence-corrected chi connectivity index (χ3v) is 6.72. The predicted octanol–water partition coefficient (Wildman–Crippen LogP) is 2.54. The number of anilines is 2. The van der Waals surface area contributed by atoms with Gasteiger partial charge in [-0.3, -0.25) is 9.69 Å². The van der Waals surface area contributed by atoms with Crippen LogP contribution in [0.1, 0.15) is 23.1 Å². The van der Waals surface area contributed by atoms with Crippen molar-refractivity contribution in [2.75, 3.05) is 49.5 Å². The van der Waals surface area contributed by atoms with Gasteiger partial charge in [0.15, 0.2) is 0 Å². The van der Waals surface area contributed by atoms with Crippen molar-refractivity contribution in [3.05, 3.63) is 57.4 Å². The van der Waals surface area contributed by atoms with Crippen molar-refractivity contribution in [1.82, 2.24) is 14.9 Å². The predicted molar refractivity (Wildman–Crippen MR) is 122 cm³/mol. The molecule has 0 amide bonds. The van der Waals surface area contributed by atoms with Crippen LogP contribution >= 0.6 is 0 Å². The third-order valence-electron chi connectivity index (χ3n) is 6.72. The van der Waals surface area contributed by atoms with Gasteiger partial charge in [0, 0.05) is 62.2 Å². The number of nitrogens with zero attached hydrogens (tertiary/aromatic N) is 3. The van der Waals surface area contributed by atoms with Crippen molar-refractivity contribution in [3.8, 4) is 5.88 Å². The fraction of sp³-hybridized carbons (Fsp3) is 0.417. The number of aromatic amines is 1. The number of piperazine rings is 1. The molecule has 0 aliphatic carbocycles. The lowest BCUT2D eigenvalue weighted by atomic mass is 10.0. The van der Waals surface area contributed by atoms with Gasteiger partial charge in [0.2, 0.25) is 5.88 Å². The van der Waals surface area contributed by atoms with Crippen molar-refractivity contribution in [1.29, 1.82) is 0 Å². The van der Waals surface area contributed by atoms with E-state index in [9.17, 15) is 4.79 Å². The van der Waals surface area contributed by atoms with Crippen LogP contribution < -0.4 is 20.5 Å². The van der Waals surface area contributed by atoms with E-state index in [1.165, 1.54) is 11.1 Å². The van der Waals surface area contributed by atoms with Gasteiger partial charge < -0.3 is 19.9 Å². The first-order valence-electron chi connectivity index (χ1n) is 11.3. The Balaban J connectivity index is 1.16. The number of pyridine rings is 2. The van der Waals surface area contributed by atoms with Crippen LogP contribution in [0.4, 0.5) is 11.5 Å². The molecule has 7 heteroatoms. The number of H-pyrrole nitrogens is 1. The van der Waals surface area contributed by atoms with E-state index in [4.69, 9.17) is 9.72 Å². The van der Waals surface area contributed by atoms with Gasteiger partial charge in [-0.1, -0.05) is 12.1 Å². The Morgan fingerprint density at radius 2 is 1.97 bits per heavy atom. The van der Waals surface area contributed by atoms with Gasteiger partial charge in [0.1, 0.15) is 5.82 Å². The van der Waals surface area contributed by atoms with E-state index in [0.29, 0.717) is 0 Å². The van der Waals surface area contributed by atoms with E-state index < -0.39 is 0 Å². The molecule has 0 radical (unpaired) electrons. The zero-order valence-electron chi connectivity index (χ0n) is 17.6. The molecule has 0 saturated carbocycles. The van der Waals surface area contributed by atoms with Crippen LogP contribution in [0, 0.1) is 0 Å². The van der Waals surface area contributed by atoms with Crippen LogP contribution in [0.15, 0.2) is 35.1 Å². The van der Waals surface area contributed by atoms with Crippen molar-refractivity contribution in [3.63, 3.8) is 0 Å². The SMILES string of the molecule is O=c1[nH]c2cc(CN3CCN(c4ccc5c(n4)OCC5)CC3)ccc2c2c1CCCN2. The lowest BCUT2D eigenvalue weighted by Gasteiger charge is -2.35. The summed E-state index contributed by atoms with van der Waals surface area (Å²) in [6, 6.07) is 10.8. The maximum Gasteiger partial charge on any atom is 0.253 e. The number of rotatable bonds is 3. The van der Waals surface area contributed by atoms with Crippen LogP contribution in [0.3, 0.4) is 0 Å². The second-order valence-electron chi connectivity index (χ2n) is 8.71. The van der Waals surface area contributed by atoms with Gasteiger partial charge in [-0.15, -0.1) is 0 Å². The monoisotopic (exact) mass is 417 g/mol. The van der Waals surface area contributed by atoms with Gasteiger partial charge in [-0.25, -0.2) is 0 Å². The van der Waals surface area contributed by atoms with Crippen molar-refractivity contribution < 1.29 is 4.74 Å². The summed E-state index contributed by atoms with van der Waals surface area (Å²) in [4.78, 5) is 25.1. The number of ether oxygens (including phenoxy) is 1. The van der Waals surface area contributed by atoms with Crippen molar-refractivity contribution >= 4 is 22.4 Å². The molecule has 0 unspecified atom stereocenters. The second kappa shape index (κ2) is 7.57. The van der Waals surface area contributed by atoms with E-state index in [1.807, 2.05) is 0 Å². The number of hydrogen-bond donors (Lipinski definition) is 2. The second-order valence-corrected chi connectivity index (χ2v) is 8.71. The Morgan fingerprint density at radius 1 is 1.06 bits per heavy atom. The highest BCUT2D eigenvalue weighted by Crippen LogP contribution is 2.29. The summed E-state index contributed by atoms with van der Waals surface area (Å²) < 4.78 is 5.63. The normalized spacial score (nSPS) is 18.4. The summed E-state index contributed by atoms with van der Waals surface area (Å²) in [5.41, 5.74) is 5.34. The van der Waals surface area contributed by atoms with Gasteiger partial charge in [-0.05, 0) is 36.6 Å². The highest BCUT2D eigenvalue weighted by molar-refractivity contribution is 5.93. The molecule has 3 aromatic rings. The van der Waals surface area contributed by atoms with Crippen LogP contribution in [0.5, 0.6) is 5.88 Å². The zero-order valence-corrected chi connectivity index (χ0v) is 17.6. The fourth-order valence-corrected chi connectivity index (χ4v) is 5.01. The highest BCUT2D eigenvalue weighted by Gasteiger charge is 2.22. The van der Waals surface area contributed by atoms with E-state index in [0.717, 1.165) is 99.0 Å². The first kappa shape index (κ1) is 18.7. The lowest BCUT2D eigenvalue weighted by molar-refractivity contribution is 0.249. The quantitative estimate of drug-likeness (QED) is 0.682. The van der Waals surface area contributed by atoms with Gasteiger partial charge in [0.25, 0.3) is 5.56 Å². The molecule has 3 aliphatic heterocycles. The summed E-state index contributed by atoms with van der Waals surface area (Å²) in [7, 11) is 0. The number of aromatic nitrogens is 2. The Hall–Kier alpha value is -3.06. The molecular formula is C24H27N5O2. The maximum absolute atomic E-state index is 12.5. The molecule has 3 aliphatic rings. The molecule has 0 bridgehead atoms. The Morgan fingerprint density at radius 3 is 2.87 bits per heavy atom. The first-order chi connectivity index (χ1) is 15.2. The van der Waals surface area contributed by atoms with E-state index >= 15 is 0 Å². The van der Waals surface area contributed by atoms with Crippen LogP contribution in [-0.4, -0.2) is 54.2 Å². The number of fused-ring (bicyclic) bond motifs is 4. The Bertz CT molecular complexity index is 1200.